The van der Waals surface area contributed by atoms with Gasteiger partial charge in [0.05, 0.1) is 23.5 Å². The maximum absolute atomic E-state index is 11.8. The molecule has 0 aliphatic rings. The third-order valence-electron chi connectivity index (χ3n) is 2.53. The van der Waals surface area contributed by atoms with Gasteiger partial charge in [-0.15, -0.1) is 0 Å². The Morgan fingerprint density at radius 3 is 2.76 bits per heavy atom. The molecule has 1 aromatic carbocycles. The second kappa shape index (κ2) is 6.80. The number of benzene rings is 1. The summed E-state index contributed by atoms with van der Waals surface area (Å²) in [7, 11) is 0. The van der Waals surface area contributed by atoms with Crippen molar-refractivity contribution in [3.05, 3.63) is 52.5 Å². The lowest BCUT2D eigenvalue weighted by atomic mass is 10.2. The van der Waals surface area contributed by atoms with Gasteiger partial charge in [-0.1, -0.05) is 15.9 Å². The van der Waals surface area contributed by atoms with Gasteiger partial charge in [-0.3, -0.25) is 0 Å². The summed E-state index contributed by atoms with van der Waals surface area (Å²) < 4.78 is 0.617. The first kappa shape index (κ1) is 14.9. The van der Waals surface area contributed by atoms with Crippen LogP contribution in [0.4, 0.5) is 10.5 Å². The molecule has 7 nitrogen and oxygen atoms in total. The number of hydrogen-bond donors (Lipinski definition) is 3. The summed E-state index contributed by atoms with van der Waals surface area (Å²) in [6, 6.07) is 5.73. The summed E-state index contributed by atoms with van der Waals surface area (Å²) in [6.45, 7) is 0.216. The zero-order chi connectivity index (χ0) is 15.2. The number of hydrogen-bond acceptors (Lipinski definition) is 4. The van der Waals surface area contributed by atoms with Crippen molar-refractivity contribution in [3.63, 3.8) is 0 Å². The SMILES string of the molecule is O=C(NCc1ccncn1)Nc1ccc(Br)cc1C(=O)O. The van der Waals surface area contributed by atoms with Gasteiger partial charge in [-0.2, -0.15) is 0 Å². The lowest BCUT2D eigenvalue weighted by molar-refractivity contribution is 0.0698. The van der Waals surface area contributed by atoms with Gasteiger partial charge >= 0.3 is 12.0 Å². The Kier molecular flexibility index (Phi) is 4.83. The number of carbonyl (C=O) groups is 2. The molecule has 8 heteroatoms. The van der Waals surface area contributed by atoms with E-state index in [0.717, 1.165) is 0 Å². The summed E-state index contributed by atoms with van der Waals surface area (Å²) in [5.74, 6) is -1.12. The van der Waals surface area contributed by atoms with E-state index in [-0.39, 0.29) is 17.8 Å². The number of aromatic nitrogens is 2. The Hall–Kier alpha value is -2.48. The van der Waals surface area contributed by atoms with E-state index in [1.165, 1.54) is 18.5 Å². The molecule has 1 aromatic heterocycles. The molecule has 0 spiro atoms. The third kappa shape index (κ3) is 4.25. The summed E-state index contributed by atoms with van der Waals surface area (Å²) in [6.07, 6.45) is 2.95. The molecular formula is C13H11BrN4O3. The van der Waals surface area contributed by atoms with Crippen molar-refractivity contribution in [2.24, 2.45) is 0 Å². The van der Waals surface area contributed by atoms with Crippen LogP contribution in [0.1, 0.15) is 16.1 Å². The minimum Gasteiger partial charge on any atom is -0.478 e. The molecule has 0 atom stereocenters. The first-order valence-corrected chi connectivity index (χ1v) is 6.68. The van der Waals surface area contributed by atoms with Gasteiger partial charge < -0.3 is 15.7 Å². The van der Waals surface area contributed by atoms with Crippen molar-refractivity contribution >= 4 is 33.6 Å². The molecule has 0 bridgehead atoms. The van der Waals surface area contributed by atoms with Crippen LogP contribution in [0, 0.1) is 0 Å². The Morgan fingerprint density at radius 2 is 2.10 bits per heavy atom. The van der Waals surface area contributed by atoms with Gasteiger partial charge in [-0.05, 0) is 24.3 Å². The molecule has 2 rings (SSSR count). The molecule has 0 aliphatic carbocycles. The van der Waals surface area contributed by atoms with Gasteiger partial charge in [0.25, 0.3) is 0 Å². The number of rotatable bonds is 4. The molecule has 0 unspecified atom stereocenters. The smallest absolute Gasteiger partial charge is 0.337 e. The molecule has 2 aromatic rings. The van der Waals surface area contributed by atoms with E-state index < -0.39 is 12.0 Å². The number of anilines is 1. The second-order valence-electron chi connectivity index (χ2n) is 4.00. The van der Waals surface area contributed by atoms with Gasteiger partial charge in [0, 0.05) is 10.7 Å². The van der Waals surface area contributed by atoms with E-state index >= 15 is 0 Å². The lowest BCUT2D eigenvalue weighted by Gasteiger charge is -2.10. The fourth-order valence-electron chi connectivity index (χ4n) is 1.56. The van der Waals surface area contributed by atoms with E-state index in [4.69, 9.17) is 5.11 Å². The highest BCUT2D eigenvalue weighted by Crippen LogP contribution is 2.21. The van der Waals surface area contributed by atoms with Crippen molar-refractivity contribution < 1.29 is 14.7 Å². The number of nitrogens with one attached hydrogen (secondary N) is 2. The molecule has 1 heterocycles. The highest BCUT2D eigenvalue weighted by molar-refractivity contribution is 9.10. The van der Waals surface area contributed by atoms with E-state index in [0.29, 0.717) is 10.2 Å². The van der Waals surface area contributed by atoms with Crippen molar-refractivity contribution in [3.8, 4) is 0 Å². The first-order chi connectivity index (χ1) is 10.1. The lowest BCUT2D eigenvalue weighted by Crippen LogP contribution is -2.29. The number of nitrogens with zero attached hydrogens (tertiary/aromatic N) is 2. The van der Waals surface area contributed by atoms with Crippen molar-refractivity contribution in [2.75, 3.05) is 5.32 Å². The summed E-state index contributed by atoms with van der Waals surface area (Å²) in [5.41, 5.74) is 0.863. The van der Waals surface area contributed by atoms with Crippen LogP contribution in [0.5, 0.6) is 0 Å². The Bertz CT molecular complexity index is 664. The van der Waals surface area contributed by atoms with Gasteiger partial charge in [0.1, 0.15) is 6.33 Å². The normalized spacial score (nSPS) is 9.95. The number of urea groups is 1. The van der Waals surface area contributed by atoms with E-state index in [1.54, 1.807) is 18.3 Å². The summed E-state index contributed by atoms with van der Waals surface area (Å²) in [4.78, 5) is 30.6. The predicted molar refractivity (Wildman–Crippen MR) is 79.0 cm³/mol. The van der Waals surface area contributed by atoms with E-state index in [2.05, 4.69) is 36.5 Å². The van der Waals surface area contributed by atoms with Gasteiger partial charge in [0.15, 0.2) is 0 Å². The maximum atomic E-state index is 11.8. The highest BCUT2D eigenvalue weighted by Gasteiger charge is 2.12. The highest BCUT2D eigenvalue weighted by atomic mass is 79.9. The molecule has 108 valence electrons. The number of carbonyl (C=O) groups excluding carboxylic acids is 1. The van der Waals surface area contributed by atoms with Crippen LogP contribution in [0.25, 0.3) is 0 Å². The number of carboxylic acid groups (broad SMARTS) is 1. The largest absolute Gasteiger partial charge is 0.478 e. The van der Waals surface area contributed by atoms with Crippen LogP contribution in [0.3, 0.4) is 0 Å². The Labute approximate surface area is 128 Å². The quantitative estimate of drug-likeness (QED) is 0.784. The zero-order valence-electron chi connectivity index (χ0n) is 10.7. The minimum absolute atomic E-state index is 0.00145. The average molecular weight is 351 g/mol. The Morgan fingerprint density at radius 1 is 1.29 bits per heavy atom. The van der Waals surface area contributed by atoms with Crippen LogP contribution >= 0.6 is 15.9 Å². The predicted octanol–water partition coefficient (Wildman–Crippen LogP) is 2.26. The van der Waals surface area contributed by atoms with E-state index in [9.17, 15) is 9.59 Å². The number of halogens is 1. The molecule has 0 aliphatic heterocycles. The maximum Gasteiger partial charge on any atom is 0.337 e. The average Bonchev–Trinajstić information content (AvgIpc) is 2.48. The van der Waals surface area contributed by atoms with Crippen LogP contribution < -0.4 is 10.6 Å². The molecule has 2 amide bonds. The molecule has 21 heavy (non-hydrogen) atoms. The molecule has 0 saturated heterocycles. The number of amides is 2. The summed E-state index contributed by atoms with van der Waals surface area (Å²) in [5, 5.41) is 14.2. The van der Waals surface area contributed by atoms with E-state index in [1.807, 2.05) is 0 Å². The minimum atomic E-state index is -1.12. The summed E-state index contributed by atoms with van der Waals surface area (Å²) >= 11 is 3.19. The van der Waals surface area contributed by atoms with Crippen LogP contribution in [-0.2, 0) is 6.54 Å². The topological polar surface area (TPSA) is 104 Å². The zero-order valence-corrected chi connectivity index (χ0v) is 12.3. The van der Waals surface area contributed by atoms with Crippen LogP contribution in [0.15, 0.2) is 41.3 Å². The monoisotopic (exact) mass is 350 g/mol. The molecular weight excluding hydrogens is 340 g/mol. The second-order valence-corrected chi connectivity index (χ2v) is 4.92. The molecule has 0 radical (unpaired) electrons. The Balaban J connectivity index is 2.01. The molecule has 0 fully saturated rings. The van der Waals surface area contributed by atoms with Gasteiger partial charge in [-0.25, -0.2) is 19.6 Å². The fraction of sp³-hybridized carbons (Fsp3) is 0.0769. The van der Waals surface area contributed by atoms with Crippen LogP contribution in [0.2, 0.25) is 0 Å². The first-order valence-electron chi connectivity index (χ1n) is 5.89. The number of carboxylic acids is 1. The van der Waals surface area contributed by atoms with Crippen LogP contribution in [-0.4, -0.2) is 27.1 Å². The van der Waals surface area contributed by atoms with Crippen molar-refractivity contribution in [2.45, 2.75) is 6.54 Å². The van der Waals surface area contributed by atoms with Crippen molar-refractivity contribution in [1.29, 1.82) is 0 Å². The fourth-order valence-corrected chi connectivity index (χ4v) is 1.92. The number of aromatic carboxylic acids is 1. The van der Waals surface area contributed by atoms with Crippen molar-refractivity contribution in [1.82, 2.24) is 15.3 Å². The molecule has 0 saturated carbocycles. The molecule has 3 N–H and O–H groups in total. The standard InChI is InChI=1S/C13H11BrN4O3/c14-8-1-2-11(10(5-8)12(19)20)18-13(21)16-6-9-3-4-15-7-17-9/h1-5,7H,6H2,(H,19,20)(H2,16,18,21). The third-order valence-corrected chi connectivity index (χ3v) is 3.03. The van der Waals surface area contributed by atoms with Gasteiger partial charge in [0.2, 0.25) is 0 Å².